The molecule has 0 spiro atoms. The van der Waals surface area contributed by atoms with Crippen molar-refractivity contribution in [1.82, 2.24) is 4.90 Å². The monoisotopic (exact) mass is 289 g/mol. The molecule has 112 valence electrons. The molecule has 5 heteroatoms. The van der Waals surface area contributed by atoms with E-state index in [4.69, 9.17) is 9.84 Å². The number of carboxylic acid groups (broad SMARTS) is 1. The highest BCUT2D eigenvalue weighted by Crippen LogP contribution is 2.42. The van der Waals surface area contributed by atoms with Crippen molar-refractivity contribution in [3.63, 3.8) is 0 Å². The number of amides is 1. The van der Waals surface area contributed by atoms with Gasteiger partial charge in [0.1, 0.15) is 5.75 Å². The lowest BCUT2D eigenvalue weighted by molar-refractivity contribution is -0.142. The number of hydrogen-bond donors (Lipinski definition) is 1. The normalized spacial score (nSPS) is 23.5. The fourth-order valence-corrected chi connectivity index (χ4v) is 2.65. The Morgan fingerprint density at radius 3 is 2.38 bits per heavy atom. The van der Waals surface area contributed by atoms with Crippen LogP contribution < -0.4 is 4.74 Å². The van der Waals surface area contributed by atoms with Gasteiger partial charge in [0, 0.05) is 12.6 Å². The predicted octanol–water partition coefficient (Wildman–Crippen LogP) is 1.91. The molecule has 0 aromatic heterocycles. The Morgan fingerprint density at radius 2 is 1.90 bits per heavy atom. The van der Waals surface area contributed by atoms with E-state index in [1.807, 2.05) is 29.2 Å². The molecule has 0 aliphatic heterocycles. The van der Waals surface area contributed by atoms with Crippen molar-refractivity contribution in [1.29, 1.82) is 0 Å². The highest BCUT2D eigenvalue weighted by Gasteiger charge is 2.51. The molecule has 5 nitrogen and oxygen atoms in total. The van der Waals surface area contributed by atoms with Crippen LogP contribution in [-0.2, 0) is 16.1 Å². The SMILES string of the molecule is COc1ccc(CN(C(=O)[C@H]2C[C@H]2C(=O)O)C2CC2)cc1. The van der Waals surface area contributed by atoms with Crippen molar-refractivity contribution in [2.24, 2.45) is 11.8 Å². The predicted molar refractivity (Wildman–Crippen MR) is 75.8 cm³/mol. The third-order valence-electron chi connectivity index (χ3n) is 4.21. The van der Waals surface area contributed by atoms with Crippen LogP contribution in [0.15, 0.2) is 24.3 Å². The van der Waals surface area contributed by atoms with Crippen molar-refractivity contribution in [3.8, 4) is 5.75 Å². The minimum Gasteiger partial charge on any atom is -0.497 e. The number of hydrogen-bond acceptors (Lipinski definition) is 3. The minimum atomic E-state index is -0.853. The van der Waals surface area contributed by atoms with Gasteiger partial charge in [-0.3, -0.25) is 9.59 Å². The Balaban J connectivity index is 1.67. The highest BCUT2D eigenvalue weighted by molar-refractivity contribution is 5.89. The second kappa shape index (κ2) is 5.39. The van der Waals surface area contributed by atoms with Crippen molar-refractivity contribution < 1.29 is 19.4 Å². The standard InChI is InChI=1S/C16H19NO4/c1-21-12-6-2-10(3-7-12)9-17(11-4-5-11)15(18)13-8-14(13)16(19)20/h2-3,6-7,11,13-14H,4-5,8-9H2,1H3,(H,19,20)/t13-,14+/m0/s1. The van der Waals surface area contributed by atoms with E-state index in [2.05, 4.69) is 0 Å². The van der Waals surface area contributed by atoms with Gasteiger partial charge in [-0.1, -0.05) is 12.1 Å². The molecule has 21 heavy (non-hydrogen) atoms. The summed E-state index contributed by atoms with van der Waals surface area (Å²) in [6.45, 7) is 0.552. The quantitative estimate of drug-likeness (QED) is 0.868. The van der Waals surface area contributed by atoms with Gasteiger partial charge in [-0.05, 0) is 37.0 Å². The number of methoxy groups -OCH3 is 1. The largest absolute Gasteiger partial charge is 0.497 e. The molecule has 2 fully saturated rings. The first-order valence-electron chi connectivity index (χ1n) is 7.26. The second-order valence-corrected chi connectivity index (χ2v) is 5.83. The van der Waals surface area contributed by atoms with Gasteiger partial charge >= 0.3 is 5.97 Å². The van der Waals surface area contributed by atoms with Crippen LogP contribution in [0.25, 0.3) is 0 Å². The van der Waals surface area contributed by atoms with Gasteiger partial charge in [0.2, 0.25) is 5.91 Å². The van der Waals surface area contributed by atoms with Crippen molar-refractivity contribution >= 4 is 11.9 Å². The van der Waals surface area contributed by atoms with Gasteiger partial charge < -0.3 is 14.7 Å². The molecule has 2 saturated carbocycles. The number of aliphatic carboxylic acids is 1. The summed E-state index contributed by atoms with van der Waals surface area (Å²) in [5, 5.41) is 8.97. The fourth-order valence-electron chi connectivity index (χ4n) is 2.65. The van der Waals surface area contributed by atoms with Gasteiger partial charge in [-0.2, -0.15) is 0 Å². The summed E-state index contributed by atoms with van der Waals surface area (Å²) < 4.78 is 5.12. The van der Waals surface area contributed by atoms with Crippen molar-refractivity contribution in [2.45, 2.75) is 31.8 Å². The van der Waals surface area contributed by atoms with E-state index < -0.39 is 11.9 Å². The molecule has 0 heterocycles. The molecular weight excluding hydrogens is 270 g/mol. The molecule has 2 aliphatic rings. The van der Waals surface area contributed by atoms with E-state index >= 15 is 0 Å². The number of carbonyl (C=O) groups excluding carboxylic acids is 1. The third-order valence-corrected chi connectivity index (χ3v) is 4.21. The number of ether oxygens (including phenoxy) is 1. The molecule has 0 bridgehead atoms. The molecule has 1 amide bonds. The maximum Gasteiger partial charge on any atom is 0.307 e. The van der Waals surface area contributed by atoms with Gasteiger partial charge in [0.15, 0.2) is 0 Å². The van der Waals surface area contributed by atoms with Crippen molar-refractivity contribution in [2.75, 3.05) is 7.11 Å². The summed E-state index contributed by atoms with van der Waals surface area (Å²) >= 11 is 0. The van der Waals surface area contributed by atoms with E-state index in [1.165, 1.54) is 0 Å². The van der Waals surface area contributed by atoms with E-state index in [-0.39, 0.29) is 17.9 Å². The van der Waals surface area contributed by atoms with Crippen molar-refractivity contribution in [3.05, 3.63) is 29.8 Å². The first-order chi connectivity index (χ1) is 10.1. The van der Waals surface area contributed by atoms with Crippen LogP contribution in [0.4, 0.5) is 0 Å². The number of carbonyl (C=O) groups is 2. The Kier molecular flexibility index (Phi) is 3.57. The maximum atomic E-state index is 12.5. The van der Waals surface area contributed by atoms with Crippen LogP contribution in [0.1, 0.15) is 24.8 Å². The summed E-state index contributed by atoms with van der Waals surface area (Å²) in [5.74, 6) is -0.860. The summed E-state index contributed by atoms with van der Waals surface area (Å²) in [5.41, 5.74) is 1.04. The van der Waals surface area contributed by atoms with Crippen LogP contribution >= 0.6 is 0 Å². The highest BCUT2D eigenvalue weighted by atomic mass is 16.5. The Bertz CT molecular complexity index is 550. The first-order valence-corrected chi connectivity index (χ1v) is 7.26. The van der Waals surface area contributed by atoms with Crippen LogP contribution in [-0.4, -0.2) is 35.0 Å². The average molecular weight is 289 g/mol. The van der Waals surface area contributed by atoms with E-state index in [1.54, 1.807) is 7.11 Å². The molecule has 1 N–H and O–H groups in total. The van der Waals surface area contributed by atoms with Gasteiger partial charge in [-0.25, -0.2) is 0 Å². The molecule has 0 unspecified atom stereocenters. The van der Waals surface area contributed by atoms with Gasteiger partial charge in [-0.15, -0.1) is 0 Å². The number of rotatable bonds is 6. The lowest BCUT2D eigenvalue weighted by Crippen LogP contribution is -2.34. The molecule has 0 radical (unpaired) electrons. The average Bonchev–Trinajstić information content (AvgIpc) is 3.37. The van der Waals surface area contributed by atoms with Crippen LogP contribution in [0.5, 0.6) is 5.75 Å². The van der Waals surface area contributed by atoms with E-state index in [0.29, 0.717) is 13.0 Å². The zero-order valence-corrected chi connectivity index (χ0v) is 12.0. The molecule has 1 aromatic rings. The summed E-state index contributed by atoms with van der Waals surface area (Å²) in [6.07, 6.45) is 2.53. The molecule has 0 saturated heterocycles. The van der Waals surface area contributed by atoms with Gasteiger partial charge in [0.25, 0.3) is 0 Å². The smallest absolute Gasteiger partial charge is 0.307 e. The molecule has 3 rings (SSSR count). The fraction of sp³-hybridized carbons (Fsp3) is 0.500. The lowest BCUT2D eigenvalue weighted by Gasteiger charge is -2.23. The van der Waals surface area contributed by atoms with Crippen LogP contribution in [0.3, 0.4) is 0 Å². The summed E-state index contributed by atoms with van der Waals surface area (Å²) in [7, 11) is 1.62. The summed E-state index contributed by atoms with van der Waals surface area (Å²) in [6, 6.07) is 7.94. The topological polar surface area (TPSA) is 66.8 Å². The summed E-state index contributed by atoms with van der Waals surface area (Å²) in [4.78, 5) is 25.3. The van der Waals surface area contributed by atoms with Crippen LogP contribution in [0, 0.1) is 11.8 Å². The molecular formula is C16H19NO4. The molecule has 2 aliphatic carbocycles. The maximum absolute atomic E-state index is 12.5. The zero-order chi connectivity index (χ0) is 15.0. The Hall–Kier alpha value is -2.04. The lowest BCUT2D eigenvalue weighted by atomic mass is 10.2. The minimum absolute atomic E-state index is 0.000665. The second-order valence-electron chi connectivity index (χ2n) is 5.83. The van der Waals surface area contributed by atoms with Gasteiger partial charge in [0.05, 0.1) is 18.9 Å². The molecule has 1 aromatic carbocycles. The molecule has 2 atom stereocenters. The first kappa shape index (κ1) is 13.9. The Labute approximate surface area is 123 Å². The Morgan fingerprint density at radius 1 is 1.24 bits per heavy atom. The number of benzene rings is 1. The zero-order valence-electron chi connectivity index (χ0n) is 12.0. The van der Waals surface area contributed by atoms with E-state index in [0.717, 1.165) is 24.2 Å². The van der Waals surface area contributed by atoms with E-state index in [9.17, 15) is 9.59 Å². The number of nitrogens with zero attached hydrogens (tertiary/aromatic N) is 1. The third kappa shape index (κ3) is 3.01. The number of carboxylic acids is 1. The van der Waals surface area contributed by atoms with Crippen LogP contribution in [0.2, 0.25) is 0 Å².